The van der Waals surface area contributed by atoms with Crippen LogP contribution in [0.5, 0.6) is 0 Å². The molecule has 110 valence electrons. The molecule has 2 N–H and O–H groups in total. The monoisotopic (exact) mass is 280 g/mol. The molecule has 1 aromatic heterocycles. The van der Waals surface area contributed by atoms with Gasteiger partial charge in [-0.25, -0.2) is 0 Å². The van der Waals surface area contributed by atoms with Gasteiger partial charge in [-0.3, -0.25) is 9.59 Å². The first-order chi connectivity index (χ1) is 9.74. The van der Waals surface area contributed by atoms with Gasteiger partial charge in [0.15, 0.2) is 5.76 Å². The maximum Gasteiger partial charge on any atom is 0.290 e. The lowest BCUT2D eigenvalue weighted by molar-refractivity contribution is -0.126. The van der Waals surface area contributed by atoms with E-state index >= 15 is 0 Å². The Kier molecular flexibility index (Phi) is 5.17. The number of piperidine rings is 1. The van der Waals surface area contributed by atoms with Gasteiger partial charge in [0.25, 0.3) is 5.91 Å². The van der Waals surface area contributed by atoms with Crippen molar-refractivity contribution in [3.63, 3.8) is 0 Å². The van der Waals surface area contributed by atoms with E-state index < -0.39 is 6.04 Å². The second-order valence-electron chi connectivity index (χ2n) is 4.86. The molecule has 0 aromatic carbocycles. The number of carbonyl (C=O) groups excluding carboxylic acids is 2. The Labute approximate surface area is 117 Å². The number of hydrogen-bond acceptors (Lipinski definition) is 4. The fourth-order valence-electron chi connectivity index (χ4n) is 2.40. The van der Waals surface area contributed by atoms with Gasteiger partial charge in [0.2, 0.25) is 5.91 Å². The maximum absolute atomic E-state index is 12.3. The van der Waals surface area contributed by atoms with Crippen molar-refractivity contribution >= 4 is 11.8 Å². The molecule has 0 spiro atoms. The van der Waals surface area contributed by atoms with Crippen molar-refractivity contribution in [3.05, 3.63) is 24.2 Å². The van der Waals surface area contributed by atoms with Crippen LogP contribution < -0.4 is 5.32 Å². The molecular formula is C14H20N2O4. The van der Waals surface area contributed by atoms with Crippen molar-refractivity contribution in [2.45, 2.75) is 31.7 Å². The number of nitrogens with one attached hydrogen (secondary N) is 1. The third kappa shape index (κ3) is 3.39. The summed E-state index contributed by atoms with van der Waals surface area (Å²) in [6.07, 6.45) is 4.46. The lowest BCUT2D eigenvalue weighted by Gasteiger charge is -2.34. The fraction of sp³-hybridized carbons (Fsp3) is 0.571. The topological polar surface area (TPSA) is 82.8 Å². The molecule has 0 bridgehead atoms. The van der Waals surface area contributed by atoms with E-state index in [0.717, 1.165) is 12.8 Å². The van der Waals surface area contributed by atoms with E-state index in [1.54, 1.807) is 17.0 Å². The summed E-state index contributed by atoms with van der Waals surface area (Å²) in [7, 11) is 0. The Morgan fingerprint density at radius 2 is 2.30 bits per heavy atom. The van der Waals surface area contributed by atoms with Gasteiger partial charge < -0.3 is 19.7 Å². The lowest BCUT2D eigenvalue weighted by Crippen LogP contribution is -2.52. The van der Waals surface area contributed by atoms with Gasteiger partial charge in [-0.2, -0.15) is 0 Å². The summed E-state index contributed by atoms with van der Waals surface area (Å²) in [5, 5.41) is 11.5. The van der Waals surface area contributed by atoms with Crippen LogP contribution in [0.4, 0.5) is 0 Å². The Bertz CT molecular complexity index is 444. The van der Waals surface area contributed by atoms with E-state index in [1.807, 2.05) is 0 Å². The number of aliphatic hydroxyl groups is 1. The van der Waals surface area contributed by atoms with E-state index in [4.69, 9.17) is 9.52 Å². The first-order valence-corrected chi connectivity index (χ1v) is 6.97. The zero-order valence-corrected chi connectivity index (χ0v) is 11.4. The van der Waals surface area contributed by atoms with Crippen LogP contribution in [0.25, 0.3) is 0 Å². The molecule has 20 heavy (non-hydrogen) atoms. The second-order valence-corrected chi connectivity index (χ2v) is 4.86. The van der Waals surface area contributed by atoms with E-state index in [9.17, 15) is 9.59 Å². The van der Waals surface area contributed by atoms with Gasteiger partial charge in [0.05, 0.1) is 6.26 Å². The summed E-state index contributed by atoms with van der Waals surface area (Å²) < 4.78 is 5.12. The predicted molar refractivity (Wildman–Crippen MR) is 72.1 cm³/mol. The normalized spacial score (nSPS) is 18.9. The molecule has 2 amide bonds. The molecule has 1 aliphatic heterocycles. The summed E-state index contributed by atoms with van der Waals surface area (Å²) in [6, 6.07) is 2.82. The second kappa shape index (κ2) is 7.09. The number of rotatable bonds is 5. The van der Waals surface area contributed by atoms with Gasteiger partial charge in [-0.1, -0.05) is 0 Å². The molecule has 6 nitrogen and oxygen atoms in total. The summed E-state index contributed by atoms with van der Waals surface area (Å²) in [6.45, 7) is 1.03. The zero-order valence-electron chi connectivity index (χ0n) is 11.4. The van der Waals surface area contributed by atoms with Crippen LogP contribution in [0.2, 0.25) is 0 Å². The van der Waals surface area contributed by atoms with E-state index in [1.165, 1.54) is 6.26 Å². The molecule has 2 rings (SSSR count). The fourth-order valence-corrected chi connectivity index (χ4v) is 2.40. The van der Waals surface area contributed by atoms with Crippen LogP contribution in [0.3, 0.4) is 0 Å². The Morgan fingerprint density at radius 1 is 1.45 bits per heavy atom. The average Bonchev–Trinajstić information content (AvgIpc) is 3.01. The zero-order chi connectivity index (χ0) is 14.4. The maximum atomic E-state index is 12.3. The summed E-state index contributed by atoms with van der Waals surface area (Å²) >= 11 is 0. The van der Waals surface area contributed by atoms with Crippen molar-refractivity contribution < 1.29 is 19.1 Å². The van der Waals surface area contributed by atoms with Gasteiger partial charge in [-0.05, 0) is 37.8 Å². The van der Waals surface area contributed by atoms with Gasteiger partial charge in [0, 0.05) is 19.7 Å². The van der Waals surface area contributed by atoms with Crippen LogP contribution in [0.1, 0.15) is 36.2 Å². The Morgan fingerprint density at radius 3 is 3.00 bits per heavy atom. The molecular weight excluding hydrogens is 260 g/mol. The van der Waals surface area contributed by atoms with Crippen molar-refractivity contribution in [2.75, 3.05) is 19.7 Å². The van der Waals surface area contributed by atoms with Crippen LogP contribution >= 0.6 is 0 Å². The van der Waals surface area contributed by atoms with E-state index in [0.29, 0.717) is 25.9 Å². The number of nitrogens with zero attached hydrogens (tertiary/aromatic N) is 1. The minimum Gasteiger partial charge on any atom is -0.459 e. The van der Waals surface area contributed by atoms with Gasteiger partial charge >= 0.3 is 0 Å². The Balaban J connectivity index is 2.01. The summed E-state index contributed by atoms with van der Waals surface area (Å²) in [5.74, 6) is -0.130. The average molecular weight is 280 g/mol. The van der Waals surface area contributed by atoms with Crippen molar-refractivity contribution in [1.82, 2.24) is 10.2 Å². The molecule has 6 heteroatoms. The molecule has 0 aliphatic carbocycles. The first kappa shape index (κ1) is 14.6. The number of aliphatic hydroxyl groups excluding tert-OH is 1. The molecule has 0 saturated carbocycles. The SMILES string of the molecule is O=C(NCCCO)C1CCCCN1C(=O)c1ccco1. The van der Waals surface area contributed by atoms with Crippen LogP contribution in [-0.4, -0.2) is 47.6 Å². The highest BCUT2D eigenvalue weighted by molar-refractivity contribution is 5.95. The molecule has 0 radical (unpaired) electrons. The first-order valence-electron chi connectivity index (χ1n) is 6.97. The molecule has 1 aliphatic rings. The largest absolute Gasteiger partial charge is 0.459 e. The number of amides is 2. The van der Waals surface area contributed by atoms with Gasteiger partial charge in [-0.15, -0.1) is 0 Å². The number of carbonyl (C=O) groups is 2. The van der Waals surface area contributed by atoms with Crippen molar-refractivity contribution in [2.24, 2.45) is 0 Å². The summed E-state index contributed by atoms with van der Waals surface area (Å²) in [5.41, 5.74) is 0. The molecule has 1 atom stereocenters. The third-order valence-corrected chi connectivity index (χ3v) is 3.43. The van der Waals surface area contributed by atoms with Crippen LogP contribution in [-0.2, 0) is 4.79 Å². The highest BCUT2D eigenvalue weighted by Crippen LogP contribution is 2.20. The highest BCUT2D eigenvalue weighted by atomic mass is 16.3. The minimum atomic E-state index is -0.444. The molecule has 1 aromatic rings. The Hall–Kier alpha value is -1.82. The quantitative estimate of drug-likeness (QED) is 0.781. The molecule has 1 saturated heterocycles. The van der Waals surface area contributed by atoms with E-state index in [2.05, 4.69) is 5.32 Å². The molecule has 2 heterocycles. The standard InChI is InChI=1S/C14H20N2O4/c17-9-4-7-15-13(18)11-5-1-2-8-16(11)14(19)12-6-3-10-20-12/h3,6,10-11,17H,1-2,4-5,7-9H2,(H,15,18). The summed E-state index contributed by atoms with van der Waals surface area (Å²) in [4.78, 5) is 26.0. The number of likely N-dealkylation sites (tertiary alicyclic amines) is 1. The molecule has 1 fully saturated rings. The lowest BCUT2D eigenvalue weighted by atomic mass is 10.0. The number of hydrogen-bond donors (Lipinski definition) is 2. The van der Waals surface area contributed by atoms with E-state index in [-0.39, 0.29) is 24.2 Å². The predicted octanol–water partition coefficient (Wildman–Crippen LogP) is 0.773. The minimum absolute atomic E-state index is 0.0417. The van der Waals surface area contributed by atoms with Crippen LogP contribution in [0, 0.1) is 0 Å². The number of furan rings is 1. The van der Waals surface area contributed by atoms with Gasteiger partial charge in [0.1, 0.15) is 6.04 Å². The third-order valence-electron chi connectivity index (χ3n) is 3.43. The molecule has 1 unspecified atom stereocenters. The smallest absolute Gasteiger partial charge is 0.290 e. The van der Waals surface area contributed by atoms with Crippen molar-refractivity contribution in [3.8, 4) is 0 Å². The van der Waals surface area contributed by atoms with Crippen LogP contribution in [0.15, 0.2) is 22.8 Å². The highest BCUT2D eigenvalue weighted by Gasteiger charge is 2.33. The van der Waals surface area contributed by atoms with Crippen molar-refractivity contribution in [1.29, 1.82) is 0 Å².